The zero-order chi connectivity index (χ0) is 12.8. The van der Waals surface area contributed by atoms with Gasteiger partial charge in [-0.15, -0.1) is 10.2 Å². The number of aromatic nitrogens is 2. The Morgan fingerprint density at radius 3 is 2.76 bits per heavy atom. The summed E-state index contributed by atoms with van der Waals surface area (Å²) in [6.07, 6.45) is 0. The molecule has 1 amide bonds. The van der Waals surface area contributed by atoms with Gasteiger partial charge < -0.3 is 16.0 Å². The van der Waals surface area contributed by atoms with Crippen molar-refractivity contribution in [2.45, 2.75) is 17.3 Å². The van der Waals surface area contributed by atoms with Crippen LogP contribution in [0.4, 0.5) is 5.13 Å². The first kappa shape index (κ1) is 14.2. The van der Waals surface area contributed by atoms with Gasteiger partial charge in [0.05, 0.1) is 6.04 Å². The Morgan fingerprint density at radius 1 is 1.59 bits per heavy atom. The Kier molecular flexibility index (Phi) is 5.66. The Labute approximate surface area is 109 Å². The number of primary amides is 1. The van der Waals surface area contributed by atoms with E-state index in [0.717, 1.165) is 9.47 Å². The van der Waals surface area contributed by atoms with E-state index >= 15 is 0 Å². The van der Waals surface area contributed by atoms with Gasteiger partial charge in [0.2, 0.25) is 11.0 Å². The van der Waals surface area contributed by atoms with Crippen LogP contribution in [0.15, 0.2) is 4.34 Å². The molecule has 0 saturated heterocycles. The fourth-order valence-electron chi connectivity index (χ4n) is 1.08. The van der Waals surface area contributed by atoms with E-state index in [1.807, 2.05) is 25.9 Å². The van der Waals surface area contributed by atoms with E-state index in [0.29, 0.717) is 12.3 Å². The number of nitrogens with one attached hydrogen (secondary N) is 1. The third-order valence-electron chi connectivity index (χ3n) is 1.95. The van der Waals surface area contributed by atoms with E-state index in [9.17, 15) is 4.79 Å². The molecule has 96 valence electrons. The second-order valence-corrected chi connectivity index (χ2v) is 5.79. The third kappa shape index (κ3) is 4.49. The molecule has 1 heterocycles. The molecule has 1 aromatic heterocycles. The molecule has 0 aliphatic rings. The lowest BCUT2D eigenvalue weighted by Crippen LogP contribution is -2.42. The Morgan fingerprint density at radius 2 is 2.29 bits per heavy atom. The van der Waals surface area contributed by atoms with Gasteiger partial charge in [0.1, 0.15) is 0 Å². The first-order chi connectivity index (χ1) is 8.04. The fourth-order valence-corrected chi connectivity index (χ4v) is 2.94. The number of likely N-dealkylation sites (N-methyl/N-ethyl adjacent to an activating group) is 1. The molecule has 3 N–H and O–H groups in total. The zero-order valence-electron chi connectivity index (χ0n) is 10.1. The van der Waals surface area contributed by atoms with Crippen LogP contribution in [0.3, 0.4) is 0 Å². The smallest absolute Gasteiger partial charge is 0.235 e. The number of thioether (sulfide) groups is 1. The van der Waals surface area contributed by atoms with Gasteiger partial charge in [-0.05, 0) is 6.54 Å². The number of nitrogens with two attached hydrogens (primary N) is 1. The van der Waals surface area contributed by atoms with Gasteiger partial charge in [-0.25, -0.2) is 0 Å². The summed E-state index contributed by atoms with van der Waals surface area (Å²) >= 11 is 2.99. The lowest BCUT2D eigenvalue weighted by Gasteiger charge is -2.12. The van der Waals surface area contributed by atoms with E-state index in [4.69, 9.17) is 5.73 Å². The molecule has 8 heteroatoms. The van der Waals surface area contributed by atoms with Gasteiger partial charge in [-0.1, -0.05) is 30.0 Å². The first-order valence-corrected chi connectivity index (χ1v) is 7.01. The normalized spacial score (nSPS) is 12.4. The van der Waals surface area contributed by atoms with Crippen molar-refractivity contribution in [1.82, 2.24) is 15.5 Å². The molecular weight excluding hydrogens is 258 g/mol. The van der Waals surface area contributed by atoms with E-state index in [2.05, 4.69) is 15.5 Å². The predicted molar refractivity (Wildman–Crippen MR) is 71.6 cm³/mol. The van der Waals surface area contributed by atoms with Crippen molar-refractivity contribution in [2.24, 2.45) is 5.73 Å². The van der Waals surface area contributed by atoms with E-state index in [1.54, 1.807) is 0 Å². The highest BCUT2D eigenvalue weighted by Gasteiger charge is 2.15. The van der Waals surface area contributed by atoms with Crippen molar-refractivity contribution in [1.29, 1.82) is 0 Å². The van der Waals surface area contributed by atoms with Crippen molar-refractivity contribution in [3.8, 4) is 0 Å². The van der Waals surface area contributed by atoms with Crippen LogP contribution in [0.2, 0.25) is 0 Å². The van der Waals surface area contributed by atoms with Crippen molar-refractivity contribution >= 4 is 34.1 Å². The molecule has 0 radical (unpaired) electrons. The minimum Gasteiger partial charge on any atom is -0.368 e. The molecule has 1 atom stereocenters. The summed E-state index contributed by atoms with van der Waals surface area (Å²) in [5.74, 6) is 0.238. The van der Waals surface area contributed by atoms with Crippen molar-refractivity contribution in [3.63, 3.8) is 0 Å². The van der Waals surface area contributed by atoms with Crippen LogP contribution >= 0.6 is 23.1 Å². The molecule has 6 nitrogen and oxygen atoms in total. The first-order valence-electron chi connectivity index (χ1n) is 5.21. The molecule has 17 heavy (non-hydrogen) atoms. The standard InChI is InChI=1S/C9H17N5OS2/c1-4-11-6(7(10)15)5-16-9-13-12-8(17-9)14(2)3/h6,11H,4-5H2,1-3H3,(H2,10,15). The van der Waals surface area contributed by atoms with Gasteiger partial charge in [-0.3, -0.25) is 4.79 Å². The van der Waals surface area contributed by atoms with Gasteiger partial charge in [0.25, 0.3) is 0 Å². The summed E-state index contributed by atoms with van der Waals surface area (Å²) in [7, 11) is 3.83. The molecule has 0 bridgehead atoms. The van der Waals surface area contributed by atoms with Crippen molar-refractivity contribution in [2.75, 3.05) is 31.3 Å². The topological polar surface area (TPSA) is 84.1 Å². The third-order valence-corrected chi connectivity index (χ3v) is 4.26. The largest absolute Gasteiger partial charge is 0.368 e. The molecule has 0 spiro atoms. The summed E-state index contributed by atoms with van der Waals surface area (Å²) in [6, 6.07) is -0.322. The summed E-state index contributed by atoms with van der Waals surface area (Å²) < 4.78 is 0.845. The highest BCUT2D eigenvalue weighted by molar-refractivity contribution is 8.01. The quantitative estimate of drug-likeness (QED) is 0.690. The Hall–Kier alpha value is -0.860. The maximum absolute atomic E-state index is 11.1. The van der Waals surface area contributed by atoms with Crippen molar-refractivity contribution in [3.05, 3.63) is 0 Å². The van der Waals surface area contributed by atoms with Crippen LogP contribution in [0, 0.1) is 0 Å². The number of carbonyl (C=O) groups is 1. The van der Waals surface area contributed by atoms with Crippen LogP contribution in [0.25, 0.3) is 0 Å². The monoisotopic (exact) mass is 275 g/mol. The number of amides is 1. The van der Waals surface area contributed by atoms with Crippen LogP contribution in [0.1, 0.15) is 6.92 Å². The summed E-state index contributed by atoms with van der Waals surface area (Å²) in [5.41, 5.74) is 5.28. The average molecular weight is 275 g/mol. The van der Waals surface area contributed by atoms with Gasteiger partial charge in [0, 0.05) is 19.8 Å². The number of nitrogens with zero attached hydrogens (tertiary/aromatic N) is 3. The number of hydrogen-bond donors (Lipinski definition) is 2. The second kappa shape index (κ2) is 6.77. The molecule has 1 unspecified atom stereocenters. The zero-order valence-corrected chi connectivity index (χ0v) is 11.8. The van der Waals surface area contributed by atoms with Crippen LogP contribution in [0.5, 0.6) is 0 Å². The van der Waals surface area contributed by atoms with Crippen LogP contribution in [-0.2, 0) is 4.79 Å². The van der Waals surface area contributed by atoms with E-state index < -0.39 is 0 Å². The molecule has 1 rings (SSSR count). The summed E-state index contributed by atoms with van der Waals surface area (Å²) in [6.45, 7) is 2.66. The number of anilines is 1. The minimum absolute atomic E-state index is 0.322. The SMILES string of the molecule is CCNC(CSc1nnc(N(C)C)s1)C(N)=O. The van der Waals surface area contributed by atoms with E-state index in [-0.39, 0.29) is 11.9 Å². The lowest BCUT2D eigenvalue weighted by molar-refractivity contribution is -0.119. The van der Waals surface area contributed by atoms with Crippen molar-refractivity contribution < 1.29 is 4.79 Å². The molecule has 0 aliphatic carbocycles. The lowest BCUT2D eigenvalue weighted by atomic mass is 10.3. The maximum atomic E-state index is 11.1. The molecule has 0 aliphatic heterocycles. The molecule has 0 fully saturated rings. The second-order valence-electron chi connectivity index (χ2n) is 3.57. The molecule has 1 aromatic rings. The Bertz CT molecular complexity index is 368. The highest BCUT2D eigenvalue weighted by Crippen LogP contribution is 2.27. The average Bonchev–Trinajstić information content (AvgIpc) is 2.72. The van der Waals surface area contributed by atoms with Crippen LogP contribution in [-0.4, -0.2) is 48.5 Å². The maximum Gasteiger partial charge on any atom is 0.235 e. The summed E-state index contributed by atoms with van der Waals surface area (Å²) in [5, 5.41) is 11.9. The molecule has 0 aromatic carbocycles. The Balaban J connectivity index is 2.50. The van der Waals surface area contributed by atoms with Gasteiger partial charge in [-0.2, -0.15) is 0 Å². The molecule has 0 saturated carbocycles. The number of rotatable bonds is 7. The summed E-state index contributed by atoms with van der Waals surface area (Å²) in [4.78, 5) is 13.0. The fraction of sp³-hybridized carbons (Fsp3) is 0.667. The van der Waals surface area contributed by atoms with Gasteiger partial charge in [0.15, 0.2) is 4.34 Å². The molecular formula is C9H17N5OS2. The predicted octanol–water partition coefficient (Wildman–Crippen LogP) is 0.160. The minimum atomic E-state index is -0.336. The number of carbonyl (C=O) groups excluding carboxylic acids is 1. The van der Waals surface area contributed by atoms with Crippen LogP contribution < -0.4 is 16.0 Å². The van der Waals surface area contributed by atoms with Gasteiger partial charge >= 0.3 is 0 Å². The highest BCUT2D eigenvalue weighted by atomic mass is 32.2. The van der Waals surface area contributed by atoms with E-state index in [1.165, 1.54) is 23.1 Å². The number of hydrogen-bond acceptors (Lipinski definition) is 7.